The third kappa shape index (κ3) is 3.18. The molecule has 1 saturated heterocycles. The van der Waals surface area contributed by atoms with Crippen LogP contribution in [-0.2, 0) is 4.79 Å². The van der Waals surface area contributed by atoms with E-state index >= 15 is 0 Å². The zero-order chi connectivity index (χ0) is 14.7. The van der Waals surface area contributed by atoms with Crippen LogP contribution in [0.15, 0.2) is 24.3 Å². The van der Waals surface area contributed by atoms with Crippen molar-refractivity contribution in [2.24, 2.45) is 0 Å². The maximum absolute atomic E-state index is 12.1. The molecule has 1 fully saturated rings. The zero-order valence-corrected chi connectivity index (χ0v) is 13.5. The predicted octanol–water partition coefficient (Wildman–Crippen LogP) is 2.99. The lowest BCUT2D eigenvalue weighted by Gasteiger charge is -2.30. The molecule has 0 saturated carbocycles. The topological polar surface area (TPSA) is 32.3 Å². The van der Waals surface area contributed by atoms with Gasteiger partial charge >= 0.3 is 0 Å². The number of amides is 1. The first-order valence-corrected chi connectivity index (χ1v) is 8.57. The van der Waals surface area contributed by atoms with Crippen LogP contribution in [0.1, 0.15) is 44.0 Å². The molecule has 1 aliphatic rings. The highest BCUT2D eigenvalue weighted by atomic mass is 32.2. The molecule has 4 heteroatoms. The summed E-state index contributed by atoms with van der Waals surface area (Å²) < 4.78 is 0. The van der Waals surface area contributed by atoms with Crippen molar-refractivity contribution in [1.29, 1.82) is 0 Å². The number of nitrogens with zero attached hydrogens (tertiary/aromatic N) is 1. The summed E-state index contributed by atoms with van der Waals surface area (Å²) in [5, 5.41) is 3.33. The molecule has 110 valence electrons. The normalized spacial score (nSPS) is 20.8. The van der Waals surface area contributed by atoms with E-state index in [4.69, 9.17) is 0 Å². The average molecular weight is 292 g/mol. The van der Waals surface area contributed by atoms with Crippen molar-refractivity contribution in [2.75, 3.05) is 18.6 Å². The van der Waals surface area contributed by atoms with E-state index in [0.717, 1.165) is 5.75 Å². The summed E-state index contributed by atoms with van der Waals surface area (Å²) in [6, 6.07) is 8.88. The number of thioether (sulfide) groups is 1. The molecule has 1 aliphatic heterocycles. The first kappa shape index (κ1) is 15.4. The fourth-order valence-electron chi connectivity index (χ4n) is 2.68. The molecule has 1 N–H and O–H groups in total. The maximum atomic E-state index is 12.1. The SMILES string of the molecule is CSCC(C)N1C(=O)CNC1c1ccc(C(C)C)cc1. The first-order chi connectivity index (χ1) is 9.54. The van der Waals surface area contributed by atoms with Gasteiger partial charge in [-0.2, -0.15) is 11.8 Å². The maximum Gasteiger partial charge on any atom is 0.238 e. The molecule has 1 heterocycles. The van der Waals surface area contributed by atoms with Crippen LogP contribution in [0.5, 0.6) is 0 Å². The Labute approximate surface area is 126 Å². The second-order valence-corrected chi connectivity index (χ2v) is 6.62. The largest absolute Gasteiger partial charge is 0.318 e. The highest BCUT2D eigenvalue weighted by molar-refractivity contribution is 7.98. The molecule has 1 aromatic rings. The van der Waals surface area contributed by atoms with Crippen LogP contribution in [0.3, 0.4) is 0 Å². The van der Waals surface area contributed by atoms with E-state index in [1.165, 1.54) is 11.1 Å². The van der Waals surface area contributed by atoms with Crippen LogP contribution >= 0.6 is 11.8 Å². The monoisotopic (exact) mass is 292 g/mol. The molecule has 20 heavy (non-hydrogen) atoms. The van der Waals surface area contributed by atoms with E-state index in [1.807, 2.05) is 4.90 Å². The van der Waals surface area contributed by atoms with E-state index in [0.29, 0.717) is 12.5 Å². The minimum absolute atomic E-state index is 0.0193. The fraction of sp³-hybridized carbons (Fsp3) is 0.562. The highest BCUT2D eigenvalue weighted by Gasteiger charge is 2.34. The Kier molecular flexibility index (Phi) is 5.11. The number of rotatable bonds is 5. The van der Waals surface area contributed by atoms with Crippen molar-refractivity contribution in [3.05, 3.63) is 35.4 Å². The van der Waals surface area contributed by atoms with Gasteiger partial charge in [0.1, 0.15) is 6.17 Å². The lowest BCUT2D eigenvalue weighted by molar-refractivity contribution is -0.129. The summed E-state index contributed by atoms with van der Waals surface area (Å²) in [5.41, 5.74) is 2.51. The number of nitrogens with one attached hydrogen (secondary N) is 1. The Balaban J connectivity index is 2.19. The molecule has 0 aliphatic carbocycles. The average Bonchev–Trinajstić information content (AvgIpc) is 2.81. The predicted molar refractivity (Wildman–Crippen MR) is 86.0 cm³/mol. The van der Waals surface area contributed by atoms with E-state index < -0.39 is 0 Å². The van der Waals surface area contributed by atoms with Gasteiger partial charge in [0.2, 0.25) is 5.91 Å². The quantitative estimate of drug-likeness (QED) is 0.905. The summed E-state index contributed by atoms with van der Waals surface area (Å²) >= 11 is 1.78. The Morgan fingerprint density at radius 2 is 1.95 bits per heavy atom. The molecular formula is C16H24N2OS. The summed E-state index contributed by atoms with van der Waals surface area (Å²) in [7, 11) is 0. The van der Waals surface area contributed by atoms with Crippen LogP contribution < -0.4 is 5.32 Å². The van der Waals surface area contributed by atoms with Crippen molar-refractivity contribution >= 4 is 17.7 Å². The summed E-state index contributed by atoms with van der Waals surface area (Å²) in [5.74, 6) is 1.70. The van der Waals surface area contributed by atoms with Crippen LogP contribution in [0, 0.1) is 0 Å². The van der Waals surface area contributed by atoms with Gasteiger partial charge in [0, 0.05) is 11.8 Å². The van der Waals surface area contributed by atoms with Gasteiger partial charge in [0.15, 0.2) is 0 Å². The van der Waals surface area contributed by atoms with Crippen LogP contribution in [0.25, 0.3) is 0 Å². The minimum Gasteiger partial charge on any atom is -0.318 e. The van der Waals surface area contributed by atoms with E-state index in [2.05, 4.69) is 56.6 Å². The van der Waals surface area contributed by atoms with Gasteiger partial charge in [0.05, 0.1) is 6.54 Å². The second-order valence-electron chi connectivity index (χ2n) is 5.71. The standard InChI is InChI=1S/C16H24N2OS/c1-11(2)13-5-7-14(8-6-13)16-17-9-15(19)18(16)12(3)10-20-4/h5-8,11-12,16-17H,9-10H2,1-4H3. The van der Waals surface area contributed by atoms with E-state index in [1.54, 1.807) is 11.8 Å². The Hall–Kier alpha value is -1.00. The van der Waals surface area contributed by atoms with Crippen LogP contribution in [0.2, 0.25) is 0 Å². The van der Waals surface area contributed by atoms with Crippen molar-refractivity contribution < 1.29 is 4.79 Å². The van der Waals surface area contributed by atoms with Crippen molar-refractivity contribution in [2.45, 2.75) is 38.9 Å². The Morgan fingerprint density at radius 3 is 2.50 bits per heavy atom. The van der Waals surface area contributed by atoms with Crippen molar-refractivity contribution in [3.63, 3.8) is 0 Å². The van der Waals surface area contributed by atoms with Gasteiger partial charge < -0.3 is 4.90 Å². The Bertz CT molecular complexity index is 458. The van der Waals surface area contributed by atoms with Gasteiger partial charge in [-0.1, -0.05) is 38.1 Å². The molecular weight excluding hydrogens is 268 g/mol. The molecule has 3 nitrogen and oxygen atoms in total. The van der Waals surface area contributed by atoms with Gasteiger partial charge in [-0.3, -0.25) is 10.1 Å². The lowest BCUT2D eigenvalue weighted by atomic mass is 10.0. The third-order valence-electron chi connectivity index (χ3n) is 3.81. The number of carbonyl (C=O) groups excluding carboxylic acids is 1. The number of carbonyl (C=O) groups is 1. The zero-order valence-electron chi connectivity index (χ0n) is 12.7. The van der Waals surface area contributed by atoms with Gasteiger partial charge in [-0.15, -0.1) is 0 Å². The third-order valence-corrected chi connectivity index (χ3v) is 4.63. The van der Waals surface area contributed by atoms with Crippen molar-refractivity contribution in [3.8, 4) is 0 Å². The minimum atomic E-state index is 0.0193. The van der Waals surface area contributed by atoms with Crippen LogP contribution in [0.4, 0.5) is 0 Å². The van der Waals surface area contributed by atoms with Crippen LogP contribution in [-0.4, -0.2) is 35.4 Å². The summed E-state index contributed by atoms with van der Waals surface area (Å²) in [6.07, 6.45) is 2.10. The van der Waals surface area contributed by atoms with Gasteiger partial charge in [-0.05, 0) is 30.2 Å². The van der Waals surface area contributed by atoms with Crippen molar-refractivity contribution in [1.82, 2.24) is 10.2 Å². The first-order valence-electron chi connectivity index (χ1n) is 7.18. The fourth-order valence-corrected chi connectivity index (χ4v) is 3.32. The van der Waals surface area contributed by atoms with E-state index in [9.17, 15) is 4.79 Å². The molecule has 0 bridgehead atoms. The molecule has 0 radical (unpaired) electrons. The smallest absolute Gasteiger partial charge is 0.238 e. The second kappa shape index (κ2) is 6.64. The van der Waals surface area contributed by atoms with E-state index in [-0.39, 0.29) is 18.1 Å². The lowest BCUT2D eigenvalue weighted by Crippen LogP contribution is -2.39. The van der Waals surface area contributed by atoms with Gasteiger partial charge in [0.25, 0.3) is 0 Å². The molecule has 2 unspecified atom stereocenters. The molecule has 0 aromatic heterocycles. The molecule has 2 rings (SSSR count). The van der Waals surface area contributed by atoms with Gasteiger partial charge in [-0.25, -0.2) is 0 Å². The molecule has 1 aromatic carbocycles. The molecule has 1 amide bonds. The number of benzene rings is 1. The summed E-state index contributed by atoms with van der Waals surface area (Å²) in [4.78, 5) is 14.1. The molecule has 0 spiro atoms. The summed E-state index contributed by atoms with van der Waals surface area (Å²) in [6.45, 7) is 6.95. The number of hydrogen-bond donors (Lipinski definition) is 1. The number of hydrogen-bond acceptors (Lipinski definition) is 3. The molecule has 2 atom stereocenters. The highest BCUT2D eigenvalue weighted by Crippen LogP contribution is 2.27. The Morgan fingerprint density at radius 1 is 1.30 bits per heavy atom.